The summed E-state index contributed by atoms with van der Waals surface area (Å²) in [6, 6.07) is 5.47. The molecule has 6 aliphatic heterocycles. The van der Waals surface area contributed by atoms with Crippen LogP contribution in [0, 0.1) is 17.5 Å². The summed E-state index contributed by atoms with van der Waals surface area (Å²) in [6.07, 6.45) is 11.8. The summed E-state index contributed by atoms with van der Waals surface area (Å²) in [4.78, 5) is 95.1. The number of nitrogens with zero attached hydrogens (tertiary/aromatic N) is 8. The highest BCUT2D eigenvalue weighted by Crippen LogP contribution is 2.46. The number of anilines is 3. The SMILES string of the molecule is CCOC(=O)c1cn(C2CC2)c2c3c(c(F)cc2c1=O)N1CCCC1CN(C)C3.CCOC(=O)c1cn(C2CC2)c2c3c(c(F)cc2c1=O)N1CCCC1CNC3.CN1Cc2c(c(F)cc3c(=O)c(C(=O)O)cn(C4CC4)c23)N2CCCC2C1.O=C(O)C(F)(F)F. The van der Waals surface area contributed by atoms with Gasteiger partial charge in [0.05, 0.1) is 46.8 Å². The van der Waals surface area contributed by atoms with Crippen molar-refractivity contribution in [2.45, 2.75) is 153 Å². The lowest BCUT2D eigenvalue weighted by Gasteiger charge is -2.27. The number of nitrogens with one attached hydrogen (secondary N) is 1. The number of carboxylic acids is 2. The van der Waals surface area contributed by atoms with E-state index in [-0.39, 0.29) is 87.9 Å². The van der Waals surface area contributed by atoms with Crippen LogP contribution in [-0.4, -0.2) is 148 Å². The van der Waals surface area contributed by atoms with E-state index in [0.29, 0.717) is 48.3 Å². The van der Waals surface area contributed by atoms with E-state index in [9.17, 15) is 47.0 Å². The minimum absolute atomic E-state index is 0.00775. The van der Waals surface area contributed by atoms with Crippen molar-refractivity contribution in [1.29, 1.82) is 0 Å². The number of pyridine rings is 3. The molecule has 0 amide bonds. The van der Waals surface area contributed by atoms with Crippen LogP contribution in [0.5, 0.6) is 0 Å². The Labute approximate surface area is 518 Å². The summed E-state index contributed by atoms with van der Waals surface area (Å²) in [5.74, 6) is -6.45. The molecule has 3 aliphatic carbocycles. The molecular weight excluding hydrogens is 1200 g/mol. The maximum atomic E-state index is 15.4. The first-order valence-corrected chi connectivity index (χ1v) is 31.4. The third-order valence-corrected chi connectivity index (χ3v) is 18.9. The van der Waals surface area contributed by atoms with Crippen LogP contribution >= 0.6 is 0 Å². The number of carboxylic acid groups (broad SMARTS) is 2. The fourth-order valence-corrected chi connectivity index (χ4v) is 14.6. The van der Waals surface area contributed by atoms with Gasteiger partial charge in [-0.1, -0.05) is 0 Å². The van der Waals surface area contributed by atoms with Gasteiger partial charge >= 0.3 is 30.1 Å². The van der Waals surface area contributed by atoms with Crippen molar-refractivity contribution in [3.8, 4) is 0 Å². The summed E-state index contributed by atoms with van der Waals surface area (Å²) in [7, 11) is 4.07. The van der Waals surface area contributed by atoms with Gasteiger partial charge in [-0.3, -0.25) is 24.2 Å². The number of aliphatic carboxylic acids is 1. The normalized spacial score (nSPS) is 21.1. The number of likely N-dealkylation sites (N-methyl/N-ethyl adjacent to an activating group) is 2. The van der Waals surface area contributed by atoms with Crippen LogP contribution in [0.3, 0.4) is 0 Å². The number of esters is 2. The number of benzene rings is 3. The second-order valence-corrected chi connectivity index (χ2v) is 25.3. The Hall–Kier alpha value is -7.97. The standard InChI is InChI=1S/C22H26FN3O3.C21H24FN3O3.C20H22FN3O3.C2HF3O2/c1-3-29-22(28)17-12-26(13-6-7-13)19-15(21(17)27)9-18(23)20-16(19)11-24(2)10-14-5-4-8-25(14)20;1-2-28-21(27)16-11-25(12-5-6-12)18-14(20(16)26)8-17(22)19-15(18)10-23-9-13-4-3-7-24(13)19;1-22-8-12-3-2-6-23(12)18-14(9-22)17-13(7-16(18)21)19(25)15(20(26)27)10-24(17)11-4-5-11;3-2(4,5)1(6)7/h9,12-14H,3-8,10-11H2,1-2H3;8,11-13,23H,2-7,9-10H2,1H3;7,10-12H,2-6,8-9H2,1H3,(H,26,27);(H,6,7). The summed E-state index contributed by atoms with van der Waals surface area (Å²) in [5.41, 5.74) is 4.84. The molecule has 3 aromatic heterocycles. The van der Waals surface area contributed by atoms with Gasteiger partial charge in [-0.2, -0.15) is 13.2 Å². The molecule has 6 aromatic rings. The topological polar surface area (TPSA) is 221 Å². The molecule has 3 atom stereocenters. The fourth-order valence-electron chi connectivity index (χ4n) is 14.6. The monoisotopic (exact) mass is 1270 g/mol. The maximum absolute atomic E-state index is 15.4. The van der Waals surface area contributed by atoms with Crippen LogP contribution in [0.4, 0.5) is 43.4 Å². The Bertz CT molecular complexity index is 4140. The molecule has 3 N–H and O–H groups in total. The number of halogens is 6. The van der Waals surface area contributed by atoms with Crippen molar-refractivity contribution in [2.75, 3.05) is 81.3 Å². The van der Waals surface area contributed by atoms with Crippen molar-refractivity contribution < 1.29 is 65.2 Å². The third-order valence-electron chi connectivity index (χ3n) is 18.9. The van der Waals surface area contributed by atoms with Gasteiger partial charge in [0.25, 0.3) is 0 Å². The molecule has 3 saturated carbocycles. The van der Waals surface area contributed by atoms with Crippen LogP contribution in [0.2, 0.25) is 0 Å². The molecule has 3 saturated heterocycles. The molecule has 3 unspecified atom stereocenters. The number of ether oxygens (including phenoxy) is 2. The van der Waals surface area contributed by atoms with Crippen molar-refractivity contribution in [1.82, 2.24) is 28.8 Å². The zero-order chi connectivity index (χ0) is 64.6. The number of aromatic nitrogens is 3. The number of aromatic carboxylic acids is 1. The van der Waals surface area contributed by atoms with Gasteiger partial charge in [0.2, 0.25) is 16.3 Å². The highest BCUT2D eigenvalue weighted by atomic mass is 19.4. The van der Waals surface area contributed by atoms with E-state index in [1.807, 2.05) is 20.7 Å². The number of hydrogen-bond donors (Lipinski definition) is 3. The average Bonchev–Trinajstić information content (AvgIpc) is 1.74. The maximum Gasteiger partial charge on any atom is 0.490 e. The molecule has 26 heteroatoms. The minimum Gasteiger partial charge on any atom is -0.477 e. The van der Waals surface area contributed by atoms with Crippen LogP contribution in [0.1, 0.15) is 157 Å². The van der Waals surface area contributed by atoms with E-state index in [1.165, 1.54) is 24.4 Å². The quantitative estimate of drug-likeness (QED) is 0.0955. The summed E-state index contributed by atoms with van der Waals surface area (Å²) >= 11 is 0. The molecule has 0 bridgehead atoms. The zero-order valence-corrected chi connectivity index (χ0v) is 51.1. The Balaban J connectivity index is 0.000000125. The number of carbonyl (C=O) groups excluding carboxylic acids is 2. The van der Waals surface area contributed by atoms with Gasteiger partial charge in [0, 0.05) is 147 Å². The van der Waals surface area contributed by atoms with E-state index < -0.39 is 52.2 Å². The summed E-state index contributed by atoms with van der Waals surface area (Å²) in [5, 5.41) is 20.8. The number of carbonyl (C=O) groups is 4. The largest absolute Gasteiger partial charge is 0.490 e. The van der Waals surface area contributed by atoms with Crippen molar-refractivity contribution in [3.63, 3.8) is 0 Å². The molecule has 3 aromatic carbocycles. The number of hydrogen-bond acceptors (Lipinski definition) is 15. The van der Waals surface area contributed by atoms with E-state index in [1.54, 1.807) is 26.2 Å². The number of alkyl halides is 3. The highest BCUT2D eigenvalue weighted by Gasteiger charge is 2.41. The molecule has 91 heavy (non-hydrogen) atoms. The molecule has 9 aliphatic rings. The predicted molar refractivity (Wildman–Crippen MR) is 327 cm³/mol. The molecule has 0 spiro atoms. The van der Waals surface area contributed by atoms with Gasteiger partial charge in [-0.05, 0) is 123 Å². The van der Waals surface area contributed by atoms with Crippen LogP contribution in [-0.2, 0) is 33.9 Å². The van der Waals surface area contributed by atoms with E-state index in [4.69, 9.17) is 19.4 Å². The van der Waals surface area contributed by atoms with Gasteiger partial charge in [-0.25, -0.2) is 32.3 Å². The summed E-state index contributed by atoms with van der Waals surface area (Å²) in [6.45, 7) is 10.5. The smallest absolute Gasteiger partial charge is 0.477 e. The van der Waals surface area contributed by atoms with E-state index >= 15 is 13.2 Å². The van der Waals surface area contributed by atoms with Gasteiger partial charge in [0.15, 0.2) is 0 Å². The molecule has 0 radical (unpaired) electrons. The first kappa shape index (κ1) is 63.2. The second-order valence-electron chi connectivity index (χ2n) is 25.3. The van der Waals surface area contributed by atoms with Gasteiger partial charge in [-0.15, -0.1) is 0 Å². The Kier molecular flexibility index (Phi) is 17.3. The first-order valence-electron chi connectivity index (χ1n) is 31.4. The lowest BCUT2D eigenvalue weighted by atomic mass is 10.0. The van der Waals surface area contributed by atoms with Gasteiger partial charge in [0.1, 0.15) is 34.1 Å². The molecular formula is C65H73F6N9O11. The lowest BCUT2D eigenvalue weighted by molar-refractivity contribution is -0.192. The third kappa shape index (κ3) is 12.0. The fraction of sp³-hybridized carbons (Fsp3) is 0.523. The molecule has 6 fully saturated rings. The first-order chi connectivity index (χ1) is 43.5. The molecule has 9 heterocycles. The van der Waals surface area contributed by atoms with Crippen LogP contribution < -0.4 is 36.3 Å². The molecule has 20 nitrogen and oxygen atoms in total. The van der Waals surface area contributed by atoms with Gasteiger partial charge < -0.3 is 53.4 Å². The second kappa shape index (κ2) is 24.9. The van der Waals surface area contributed by atoms with E-state index in [0.717, 1.165) is 144 Å². The number of fused-ring (bicyclic) bond motifs is 15. The van der Waals surface area contributed by atoms with Crippen molar-refractivity contribution in [2.24, 2.45) is 0 Å². The molecule has 486 valence electrons. The Morgan fingerprint density at radius 1 is 0.527 bits per heavy atom. The van der Waals surface area contributed by atoms with Crippen molar-refractivity contribution >= 4 is 73.6 Å². The number of rotatable bonds is 8. The average molecular weight is 1270 g/mol. The lowest BCUT2D eigenvalue weighted by Crippen LogP contribution is -2.36. The molecule has 15 rings (SSSR count). The van der Waals surface area contributed by atoms with Crippen LogP contribution in [0.25, 0.3) is 32.7 Å². The highest BCUT2D eigenvalue weighted by molar-refractivity contribution is 5.99. The minimum atomic E-state index is -5.08. The van der Waals surface area contributed by atoms with Crippen LogP contribution in [0.15, 0.2) is 51.2 Å². The zero-order valence-electron chi connectivity index (χ0n) is 51.1. The predicted octanol–water partition coefficient (Wildman–Crippen LogP) is 9.01. The summed E-state index contributed by atoms with van der Waals surface area (Å²) < 4.78 is 93.8. The Morgan fingerprint density at radius 2 is 0.868 bits per heavy atom. The van der Waals surface area contributed by atoms with E-state index in [2.05, 4.69) is 36.9 Å². The van der Waals surface area contributed by atoms with Crippen molar-refractivity contribution in [3.05, 3.63) is 118 Å². The Morgan fingerprint density at radius 3 is 1.23 bits per heavy atom.